The number of rotatable bonds is 24. The SMILES string of the molecule is C[C@@H](C/C=C/[C@@H](C)C/C=C/[C@@H](C)[C@@H](C)OCc1ccc(OCCCC(F)(F)C(F)(F)C(F)(F)C(F)(F)C(F)(F)C(F)(F)C(F)(F)C(F)(F)F)cc1)CO[Si](C)(C)C(C)(C)C. The molecule has 0 fully saturated rings. The molecule has 0 spiro atoms. The van der Waals surface area contributed by atoms with Crippen LogP contribution in [0.1, 0.15) is 79.7 Å². The number of benzene rings is 1. The molecule has 0 aliphatic rings. The Morgan fingerprint density at radius 1 is 0.617 bits per heavy atom. The van der Waals surface area contributed by atoms with Gasteiger partial charge in [0, 0.05) is 13.0 Å². The number of hydrogen-bond donors (Lipinski definition) is 0. The zero-order valence-electron chi connectivity index (χ0n) is 34.5. The first kappa shape index (κ1) is 55.5. The summed E-state index contributed by atoms with van der Waals surface area (Å²) in [6, 6.07) is 5.40. The van der Waals surface area contributed by atoms with Gasteiger partial charge in [0.1, 0.15) is 5.75 Å². The van der Waals surface area contributed by atoms with Crippen LogP contribution in [-0.2, 0) is 15.8 Å². The first-order chi connectivity index (χ1) is 26.7. The van der Waals surface area contributed by atoms with Gasteiger partial charge >= 0.3 is 47.6 Å². The molecule has 4 atom stereocenters. The van der Waals surface area contributed by atoms with Crippen molar-refractivity contribution >= 4 is 8.32 Å². The molecule has 0 amide bonds. The summed E-state index contributed by atoms with van der Waals surface area (Å²) in [5, 5.41) is 0.144. The maximum atomic E-state index is 14.2. The van der Waals surface area contributed by atoms with Crippen molar-refractivity contribution in [1.29, 1.82) is 0 Å². The van der Waals surface area contributed by atoms with Gasteiger partial charge in [-0.15, -0.1) is 0 Å². The molecule has 0 aliphatic carbocycles. The summed E-state index contributed by atoms with van der Waals surface area (Å²) in [5.74, 6) is -55.8. The molecule has 1 aromatic carbocycles. The molecular formula is C39H53F17O3Si. The highest BCUT2D eigenvalue weighted by atomic mass is 28.4. The molecule has 1 rings (SSSR count). The number of ether oxygens (including phenoxy) is 2. The largest absolute Gasteiger partial charge is 0.494 e. The Morgan fingerprint density at radius 2 is 1.08 bits per heavy atom. The first-order valence-corrected chi connectivity index (χ1v) is 21.7. The van der Waals surface area contributed by atoms with Crippen LogP contribution in [0.25, 0.3) is 0 Å². The van der Waals surface area contributed by atoms with Gasteiger partial charge in [-0.3, -0.25) is 0 Å². The van der Waals surface area contributed by atoms with E-state index in [1.54, 1.807) is 0 Å². The highest BCUT2D eigenvalue weighted by molar-refractivity contribution is 6.74. The van der Waals surface area contributed by atoms with Gasteiger partial charge in [0.2, 0.25) is 0 Å². The fourth-order valence-electron chi connectivity index (χ4n) is 4.82. The molecule has 0 N–H and O–H groups in total. The molecule has 0 bridgehead atoms. The fourth-order valence-corrected chi connectivity index (χ4v) is 5.95. The zero-order valence-corrected chi connectivity index (χ0v) is 35.5. The standard InChI is InChI=1S/C39H53F17O3Si/c1-25(13-10-15-26(2)23-59-60(8,9)31(5,6)7)14-11-16-27(3)28(4)58-24-29-17-19-30(20-18-29)57-22-12-21-32(40,41)33(42,43)34(44,45)35(46,47)36(48,49)37(50,51)38(52,53)39(54,55)56/h10-11,13,16-20,25-28H,12,14-15,21-24H2,1-9H3/b13-10+,16-11+/t25-,26+,27-,28-/m1/s1. The van der Waals surface area contributed by atoms with Gasteiger partial charge in [-0.05, 0) is 79.8 Å². The Morgan fingerprint density at radius 3 is 1.57 bits per heavy atom. The molecule has 350 valence electrons. The Balaban J connectivity index is 2.70. The predicted molar refractivity (Wildman–Crippen MR) is 194 cm³/mol. The van der Waals surface area contributed by atoms with Crippen LogP contribution in [0.4, 0.5) is 74.6 Å². The number of alkyl halides is 17. The zero-order chi connectivity index (χ0) is 47.2. The van der Waals surface area contributed by atoms with Gasteiger partial charge in [0.05, 0.1) is 19.3 Å². The molecule has 0 radical (unpaired) electrons. The lowest BCUT2D eigenvalue weighted by atomic mass is 9.88. The van der Waals surface area contributed by atoms with Crippen LogP contribution < -0.4 is 4.74 Å². The first-order valence-electron chi connectivity index (χ1n) is 18.8. The second-order valence-corrected chi connectivity index (χ2v) is 21.4. The summed E-state index contributed by atoms with van der Waals surface area (Å²) in [5.41, 5.74) is 0.581. The lowest BCUT2D eigenvalue weighted by Crippen LogP contribution is -2.74. The number of allylic oxidation sites excluding steroid dienone is 3. The van der Waals surface area contributed by atoms with E-state index in [2.05, 4.69) is 65.9 Å². The van der Waals surface area contributed by atoms with Gasteiger partial charge in [-0.1, -0.05) is 78.0 Å². The number of hydrogen-bond acceptors (Lipinski definition) is 3. The van der Waals surface area contributed by atoms with E-state index in [0.29, 0.717) is 24.0 Å². The van der Waals surface area contributed by atoms with Crippen molar-refractivity contribution < 1.29 is 88.5 Å². The minimum absolute atomic E-state index is 0.00421. The average molecular weight is 921 g/mol. The summed E-state index contributed by atoms with van der Waals surface area (Å²) in [4.78, 5) is 0. The van der Waals surface area contributed by atoms with Crippen molar-refractivity contribution in [2.24, 2.45) is 17.8 Å². The maximum Gasteiger partial charge on any atom is 0.460 e. The molecule has 0 saturated carbocycles. The van der Waals surface area contributed by atoms with Crippen molar-refractivity contribution in [3.05, 3.63) is 54.1 Å². The van der Waals surface area contributed by atoms with Crippen LogP contribution in [-0.4, -0.2) is 75.3 Å². The molecule has 0 unspecified atom stereocenters. The van der Waals surface area contributed by atoms with Crippen molar-refractivity contribution in [3.63, 3.8) is 0 Å². The lowest BCUT2D eigenvalue weighted by Gasteiger charge is -2.42. The summed E-state index contributed by atoms with van der Waals surface area (Å²) >= 11 is 0. The second kappa shape index (κ2) is 19.9. The lowest BCUT2D eigenvalue weighted by molar-refractivity contribution is -0.461. The van der Waals surface area contributed by atoms with Crippen molar-refractivity contribution in [1.82, 2.24) is 0 Å². The second-order valence-electron chi connectivity index (χ2n) is 16.6. The van der Waals surface area contributed by atoms with Gasteiger partial charge in [-0.25, -0.2) is 0 Å². The highest BCUT2D eigenvalue weighted by Crippen LogP contribution is 2.64. The maximum absolute atomic E-state index is 14.2. The molecule has 0 heterocycles. The van der Waals surface area contributed by atoms with Crippen molar-refractivity contribution in [3.8, 4) is 5.75 Å². The van der Waals surface area contributed by atoms with Crippen molar-refractivity contribution in [2.45, 2.75) is 153 Å². The summed E-state index contributed by atoms with van der Waals surface area (Å²) in [7, 11) is -1.81. The Labute approximate surface area is 340 Å². The Kier molecular flexibility index (Phi) is 18.4. The smallest absolute Gasteiger partial charge is 0.460 e. The van der Waals surface area contributed by atoms with E-state index in [-0.39, 0.29) is 29.4 Å². The monoisotopic (exact) mass is 920 g/mol. The molecular weight excluding hydrogens is 867 g/mol. The van der Waals surface area contributed by atoms with E-state index in [0.717, 1.165) is 12.8 Å². The minimum atomic E-state index is -8.65. The molecule has 0 saturated heterocycles. The van der Waals surface area contributed by atoms with E-state index >= 15 is 0 Å². The average Bonchev–Trinajstić information content (AvgIpc) is 3.10. The van der Waals surface area contributed by atoms with Crippen LogP contribution >= 0.6 is 0 Å². The van der Waals surface area contributed by atoms with Crippen LogP contribution in [0, 0.1) is 17.8 Å². The Bertz CT molecular complexity index is 1540. The highest BCUT2D eigenvalue weighted by Gasteiger charge is 2.95. The third-order valence-electron chi connectivity index (χ3n) is 10.4. The van der Waals surface area contributed by atoms with E-state index in [9.17, 15) is 74.6 Å². The summed E-state index contributed by atoms with van der Waals surface area (Å²) in [6.07, 6.45) is -1.89. The molecule has 1 aromatic rings. The predicted octanol–water partition coefficient (Wildman–Crippen LogP) is 14.6. The van der Waals surface area contributed by atoms with E-state index < -0.39 is 75.4 Å². The van der Waals surface area contributed by atoms with Gasteiger partial charge < -0.3 is 13.9 Å². The molecule has 21 heteroatoms. The van der Waals surface area contributed by atoms with Crippen LogP contribution in [0.2, 0.25) is 18.1 Å². The third kappa shape index (κ3) is 12.5. The number of halogens is 17. The van der Waals surface area contributed by atoms with Gasteiger partial charge in [0.25, 0.3) is 0 Å². The van der Waals surface area contributed by atoms with Crippen LogP contribution in [0.5, 0.6) is 5.75 Å². The molecule has 3 nitrogen and oxygen atoms in total. The van der Waals surface area contributed by atoms with Crippen molar-refractivity contribution in [2.75, 3.05) is 13.2 Å². The van der Waals surface area contributed by atoms with E-state index in [1.807, 2.05) is 19.9 Å². The van der Waals surface area contributed by atoms with E-state index in [1.165, 1.54) is 24.3 Å². The van der Waals surface area contributed by atoms with Crippen LogP contribution in [0.15, 0.2) is 48.6 Å². The molecule has 0 aliphatic heterocycles. The quantitative estimate of drug-likeness (QED) is 0.0448. The third-order valence-corrected chi connectivity index (χ3v) is 14.9. The topological polar surface area (TPSA) is 27.7 Å². The van der Waals surface area contributed by atoms with E-state index in [4.69, 9.17) is 13.9 Å². The normalized spacial score (nSPS) is 17.0. The molecule has 60 heavy (non-hydrogen) atoms. The summed E-state index contributed by atoms with van der Waals surface area (Å²) < 4.78 is 246. The summed E-state index contributed by atoms with van der Waals surface area (Å²) in [6.45, 7) is 18.9. The minimum Gasteiger partial charge on any atom is -0.494 e. The van der Waals surface area contributed by atoms with Gasteiger partial charge in [0.15, 0.2) is 8.32 Å². The fraction of sp³-hybridized carbons (Fsp3) is 0.744. The van der Waals surface area contributed by atoms with Gasteiger partial charge in [-0.2, -0.15) is 74.6 Å². The van der Waals surface area contributed by atoms with Crippen LogP contribution in [0.3, 0.4) is 0 Å². The molecule has 0 aromatic heterocycles. The Hall–Kier alpha value is -2.55.